The summed E-state index contributed by atoms with van der Waals surface area (Å²) in [5.41, 5.74) is 2.43. The molecule has 0 aromatic heterocycles. The van der Waals surface area contributed by atoms with Crippen molar-refractivity contribution in [3.05, 3.63) is 71.0 Å². The summed E-state index contributed by atoms with van der Waals surface area (Å²) >= 11 is 0. The highest BCUT2D eigenvalue weighted by molar-refractivity contribution is 6.26. The molecule has 2 aromatic carbocycles. The molecule has 0 aliphatic carbocycles. The minimum atomic E-state index is -0.615. The number of aliphatic imine (C=N–C) groups is 1. The molecular weight excluding hydrogens is 358 g/mol. The van der Waals surface area contributed by atoms with E-state index in [1.54, 1.807) is 14.2 Å². The van der Waals surface area contributed by atoms with Gasteiger partial charge in [-0.05, 0) is 36.6 Å². The van der Waals surface area contributed by atoms with E-state index in [0.717, 1.165) is 11.1 Å². The van der Waals surface area contributed by atoms with Crippen LogP contribution in [0.3, 0.4) is 0 Å². The number of hydrogen-bond donors (Lipinski definition) is 1. The molecule has 2 aromatic rings. The summed E-state index contributed by atoms with van der Waals surface area (Å²) < 4.78 is 16.1. The minimum absolute atomic E-state index is 0.0895. The average molecular weight is 381 g/mol. The molecule has 1 fully saturated rings. The van der Waals surface area contributed by atoms with Gasteiger partial charge in [-0.2, -0.15) is 0 Å². The van der Waals surface area contributed by atoms with Gasteiger partial charge in [-0.3, -0.25) is 4.99 Å². The van der Waals surface area contributed by atoms with Crippen LogP contribution in [0.25, 0.3) is 0 Å². The number of esters is 1. The van der Waals surface area contributed by atoms with Crippen LogP contribution in [0.15, 0.2) is 64.9 Å². The molecular formula is C22H23NO5. The SMILES string of the molecule is COc1ccc(CCN=C2C(=C(C)O)C(=O)OC2c2ccccc2)cc1OC. The molecule has 0 bridgehead atoms. The highest BCUT2D eigenvalue weighted by Gasteiger charge is 2.38. The molecule has 6 nitrogen and oxygen atoms in total. The normalized spacial score (nSPS) is 19.5. The van der Waals surface area contributed by atoms with Crippen molar-refractivity contribution in [3.8, 4) is 11.5 Å². The number of ether oxygens (including phenoxy) is 3. The van der Waals surface area contributed by atoms with Crippen LogP contribution in [0, 0.1) is 0 Å². The lowest BCUT2D eigenvalue weighted by atomic mass is 10.0. The van der Waals surface area contributed by atoms with Crippen molar-refractivity contribution < 1.29 is 24.1 Å². The molecule has 1 atom stereocenters. The number of hydrogen-bond acceptors (Lipinski definition) is 6. The Kier molecular flexibility index (Phi) is 5.99. The summed E-state index contributed by atoms with van der Waals surface area (Å²) in [6.07, 6.45) is 0.0216. The molecule has 1 saturated heterocycles. The summed E-state index contributed by atoms with van der Waals surface area (Å²) in [7, 11) is 3.18. The van der Waals surface area contributed by atoms with E-state index in [9.17, 15) is 9.90 Å². The number of methoxy groups -OCH3 is 2. The Labute approximate surface area is 164 Å². The van der Waals surface area contributed by atoms with Crippen LogP contribution < -0.4 is 9.47 Å². The number of carbonyl (C=O) groups is 1. The van der Waals surface area contributed by atoms with E-state index in [-0.39, 0.29) is 11.3 Å². The van der Waals surface area contributed by atoms with Gasteiger partial charge in [0.25, 0.3) is 0 Å². The smallest absolute Gasteiger partial charge is 0.344 e. The molecule has 146 valence electrons. The van der Waals surface area contributed by atoms with Crippen LogP contribution in [0.4, 0.5) is 0 Å². The van der Waals surface area contributed by atoms with E-state index >= 15 is 0 Å². The first-order chi connectivity index (χ1) is 13.5. The summed E-state index contributed by atoms with van der Waals surface area (Å²) in [4.78, 5) is 16.9. The van der Waals surface area contributed by atoms with E-state index in [2.05, 4.69) is 4.99 Å². The molecule has 1 aliphatic rings. The van der Waals surface area contributed by atoms with Crippen molar-refractivity contribution in [2.75, 3.05) is 20.8 Å². The molecule has 0 radical (unpaired) electrons. The van der Waals surface area contributed by atoms with Crippen LogP contribution in [0.5, 0.6) is 11.5 Å². The number of nitrogens with zero attached hydrogens (tertiary/aromatic N) is 1. The standard InChI is InChI=1S/C22H23NO5/c1-14(24)19-20(21(28-22(19)25)16-7-5-4-6-8-16)23-12-11-15-9-10-17(26-2)18(13-15)27-3/h4-10,13,21,24H,11-12H2,1-3H3. The molecule has 0 spiro atoms. The maximum atomic E-state index is 12.2. The quantitative estimate of drug-likeness (QED) is 0.468. The Balaban J connectivity index is 1.85. The molecule has 1 N–H and O–H groups in total. The van der Waals surface area contributed by atoms with Crippen molar-refractivity contribution >= 4 is 11.7 Å². The Morgan fingerprint density at radius 1 is 1.11 bits per heavy atom. The van der Waals surface area contributed by atoms with Gasteiger partial charge in [-0.25, -0.2) is 4.79 Å². The molecule has 1 unspecified atom stereocenters. The van der Waals surface area contributed by atoms with Crippen LogP contribution in [0.1, 0.15) is 24.2 Å². The predicted octanol–water partition coefficient (Wildman–Crippen LogP) is 3.82. The van der Waals surface area contributed by atoms with E-state index in [4.69, 9.17) is 14.2 Å². The average Bonchev–Trinajstić information content (AvgIpc) is 3.04. The van der Waals surface area contributed by atoms with Crippen LogP contribution in [0.2, 0.25) is 0 Å². The van der Waals surface area contributed by atoms with Gasteiger partial charge in [0, 0.05) is 6.54 Å². The Morgan fingerprint density at radius 2 is 1.82 bits per heavy atom. The van der Waals surface area contributed by atoms with Gasteiger partial charge >= 0.3 is 5.97 Å². The Hall–Kier alpha value is -3.28. The van der Waals surface area contributed by atoms with Gasteiger partial charge < -0.3 is 19.3 Å². The summed E-state index contributed by atoms with van der Waals surface area (Å²) in [6.45, 7) is 1.90. The van der Waals surface area contributed by atoms with Gasteiger partial charge in [0.1, 0.15) is 11.3 Å². The predicted molar refractivity (Wildman–Crippen MR) is 106 cm³/mol. The highest BCUT2D eigenvalue weighted by Crippen LogP contribution is 2.32. The van der Waals surface area contributed by atoms with Crippen molar-refractivity contribution in [3.63, 3.8) is 0 Å². The fourth-order valence-corrected chi connectivity index (χ4v) is 3.15. The third kappa shape index (κ3) is 4.01. The fourth-order valence-electron chi connectivity index (χ4n) is 3.15. The number of aliphatic hydroxyl groups is 1. The molecule has 1 aliphatic heterocycles. The molecule has 1 heterocycles. The number of aliphatic hydroxyl groups excluding tert-OH is 1. The topological polar surface area (TPSA) is 77.4 Å². The summed E-state index contributed by atoms with van der Waals surface area (Å²) in [6, 6.07) is 15.1. The number of cyclic esters (lactones) is 1. The first-order valence-corrected chi connectivity index (χ1v) is 8.96. The highest BCUT2D eigenvalue weighted by atomic mass is 16.6. The molecule has 0 amide bonds. The lowest BCUT2D eigenvalue weighted by molar-refractivity contribution is -0.138. The first-order valence-electron chi connectivity index (χ1n) is 8.96. The zero-order valence-corrected chi connectivity index (χ0v) is 16.1. The molecule has 0 saturated carbocycles. The fraction of sp³-hybridized carbons (Fsp3) is 0.273. The van der Waals surface area contributed by atoms with Crippen molar-refractivity contribution in [2.45, 2.75) is 19.4 Å². The monoisotopic (exact) mass is 381 g/mol. The first kappa shape index (κ1) is 19.5. The molecule has 6 heteroatoms. The number of rotatable bonds is 6. The van der Waals surface area contributed by atoms with Gasteiger partial charge in [0.2, 0.25) is 0 Å². The van der Waals surface area contributed by atoms with Crippen LogP contribution in [-0.2, 0) is 16.0 Å². The third-order valence-corrected chi connectivity index (χ3v) is 4.53. The summed E-state index contributed by atoms with van der Waals surface area (Å²) in [5, 5.41) is 9.97. The number of benzene rings is 2. The maximum absolute atomic E-state index is 12.2. The second-order valence-corrected chi connectivity index (χ2v) is 6.36. The van der Waals surface area contributed by atoms with Gasteiger partial charge in [-0.1, -0.05) is 36.4 Å². The Morgan fingerprint density at radius 3 is 2.46 bits per heavy atom. The Bertz CT molecular complexity index is 914. The maximum Gasteiger partial charge on any atom is 0.344 e. The number of carbonyl (C=O) groups excluding carboxylic acids is 1. The van der Waals surface area contributed by atoms with Crippen molar-refractivity contribution in [2.24, 2.45) is 4.99 Å². The lowest BCUT2D eigenvalue weighted by Crippen LogP contribution is -2.11. The second kappa shape index (κ2) is 8.61. The zero-order chi connectivity index (χ0) is 20.1. The van der Waals surface area contributed by atoms with Crippen LogP contribution >= 0.6 is 0 Å². The van der Waals surface area contributed by atoms with Crippen molar-refractivity contribution in [1.29, 1.82) is 0 Å². The van der Waals surface area contributed by atoms with E-state index < -0.39 is 12.1 Å². The third-order valence-electron chi connectivity index (χ3n) is 4.53. The molecule has 3 rings (SSSR count). The van der Waals surface area contributed by atoms with Crippen LogP contribution in [-0.4, -0.2) is 37.6 Å². The minimum Gasteiger partial charge on any atom is -0.512 e. The van der Waals surface area contributed by atoms with E-state index in [0.29, 0.717) is 30.2 Å². The number of allylic oxidation sites excluding steroid dienone is 1. The zero-order valence-electron chi connectivity index (χ0n) is 16.1. The lowest BCUT2D eigenvalue weighted by Gasteiger charge is -2.11. The second-order valence-electron chi connectivity index (χ2n) is 6.36. The molecule has 28 heavy (non-hydrogen) atoms. The van der Waals surface area contributed by atoms with E-state index in [1.165, 1.54) is 6.92 Å². The van der Waals surface area contributed by atoms with Gasteiger partial charge in [-0.15, -0.1) is 0 Å². The van der Waals surface area contributed by atoms with E-state index in [1.807, 2.05) is 48.5 Å². The summed E-state index contributed by atoms with van der Waals surface area (Å²) in [5.74, 6) is 0.672. The van der Waals surface area contributed by atoms with Crippen molar-refractivity contribution in [1.82, 2.24) is 0 Å². The van der Waals surface area contributed by atoms with Gasteiger partial charge in [0.05, 0.1) is 19.9 Å². The van der Waals surface area contributed by atoms with Gasteiger partial charge in [0.15, 0.2) is 17.6 Å². The largest absolute Gasteiger partial charge is 0.512 e.